The summed E-state index contributed by atoms with van der Waals surface area (Å²) < 4.78 is 22.7. The van der Waals surface area contributed by atoms with Gasteiger partial charge in [0.2, 0.25) is 0 Å². The van der Waals surface area contributed by atoms with Crippen LogP contribution < -0.4 is 5.32 Å². The fraction of sp³-hybridized carbons (Fsp3) is 0.500. The van der Waals surface area contributed by atoms with Crippen molar-refractivity contribution in [3.05, 3.63) is 28.8 Å². The SMILES string of the molecule is CC(NC(=O)c1cc(Cl)cc(S(=O)(=O)Cl)c1)C1CCCC1. The molecule has 1 atom stereocenters. The molecule has 21 heavy (non-hydrogen) atoms. The van der Waals surface area contributed by atoms with Crippen LogP contribution in [0.4, 0.5) is 0 Å². The fourth-order valence-corrected chi connectivity index (χ4v) is 3.80. The Kier molecular flexibility index (Phi) is 5.17. The number of rotatable bonds is 4. The lowest BCUT2D eigenvalue weighted by atomic mass is 9.99. The first-order valence-corrected chi connectivity index (χ1v) is 9.52. The normalized spacial score (nSPS) is 17.7. The summed E-state index contributed by atoms with van der Waals surface area (Å²) >= 11 is 5.86. The summed E-state index contributed by atoms with van der Waals surface area (Å²) in [6, 6.07) is 3.95. The van der Waals surface area contributed by atoms with Gasteiger partial charge in [-0.25, -0.2) is 8.42 Å². The molecule has 1 unspecified atom stereocenters. The lowest BCUT2D eigenvalue weighted by Gasteiger charge is -2.20. The fourth-order valence-electron chi connectivity index (χ4n) is 2.70. The first kappa shape index (κ1) is 16.6. The van der Waals surface area contributed by atoms with Crippen molar-refractivity contribution in [2.45, 2.75) is 43.5 Å². The molecule has 116 valence electrons. The Hall–Kier alpha value is -0.780. The van der Waals surface area contributed by atoms with Crippen molar-refractivity contribution in [2.75, 3.05) is 0 Å². The molecule has 1 aromatic carbocycles. The van der Waals surface area contributed by atoms with E-state index in [1.54, 1.807) is 0 Å². The molecule has 2 rings (SSSR count). The zero-order chi connectivity index (χ0) is 15.6. The third-order valence-electron chi connectivity index (χ3n) is 3.88. The largest absolute Gasteiger partial charge is 0.349 e. The van der Waals surface area contributed by atoms with Crippen molar-refractivity contribution in [1.29, 1.82) is 0 Å². The van der Waals surface area contributed by atoms with Gasteiger partial charge in [0.15, 0.2) is 0 Å². The molecular formula is C14H17Cl2NO3S. The van der Waals surface area contributed by atoms with Gasteiger partial charge in [-0.1, -0.05) is 24.4 Å². The van der Waals surface area contributed by atoms with E-state index >= 15 is 0 Å². The van der Waals surface area contributed by atoms with E-state index in [9.17, 15) is 13.2 Å². The zero-order valence-corrected chi connectivity index (χ0v) is 13.9. The Morgan fingerprint density at radius 1 is 1.29 bits per heavy atom. The van der Waals surface area contributed by atoms with Gasteiger partial charge >= 0.3 is 0 Å². The number of halogens is 2. The van der Waals surface area contributed by atoms with Crippen molar-refractivity contribution in [3.63, 3.8) is 0 Å². The van der Waals surface area contributed by atoms with Crippen LogP contribution in [-0.2, 0) is 9.05 Å². The molecule has 4 nitrogen and oxygen atoms in total. The maximum absolute atomic E-state index is 12.2. The second-order valence-electron chi connectivity index (χ2n) is 5.42. The average Bonchev–Trinajstić information content (AvgIpc) is 2.90. The first-order chi connectivity index (χ1) is 9.77. The van der Waals surface area contributed by atoms with E-state index in [0.29, 0.717) is 5.92 Å². The van der Waals surface area contributed by atoms with Crippen LogP contribution in [0.15, 0.2) is 23.1 Å². The van der Waals surface area contributed by atoms with Gasteiger partial charge in [0.1, 0.15) is 0 Å². The van der Waals surface area contributed by atoms with Crippen molar-refractivity contribution < 1.29 is 13.2 Å². The minimum atomic E-state index is -3.92. The number of carbonyl (C=O) groups is 1. The maximum atomic E-state index is 12.2. The molecular weight excluding hydrogens is 333 g/mol. The third kappa shape index (κ3) is 4.34. The molecule has 1 aliphatic carbocycles. The summed E-state index contributed by atoms with van der Waals surface area (Å²) in [6.45, 7) is 1.97. The number of nitrogens with one attached hydrogen (secondary N) is 1. The smallest absolute Gasteiger partial charge is 0.261 e. The lowest BCUT2D eigenvalue weighted by molar-refractivity contribution is 0.0927. The molecule has 0 aliphatic heterocycles. The van der Waals surface area contributed by atoms with Gasteiger partial charge in [0.25, 0.3) is 15.0 Å². The predicted octanol–water partition coefficient (Wildman–Crippen LogP) is 3.58. The number of amides is 1. The number of hydrogen-bond acceptors (Lipinski definition) is 3. The van der Waals surface area contributed by atoms with Crippen LogP contribution in [0, 0.1) is 5.92 Å². The summed E-state index contributed by atoms with van der Waals surface area (Å²) in [5.41, 5.74) is 0.201. The van der Waals surface area contributed by atoms with Crippen molar-refractivity contribution in [1.82, 2.24) is 5.32 Å². The van der Waals surface area contributed by atoms with E-state index in [1.165, 1.54) is 31.0 Å². The molecule has 1 aromatic rings. The summed E-state index contributed by atoms with van der Waals surface area (Å²) in [7, 11) is 1.38. The van der Waals surface area contributed by atoms with Crippen LogP contribution in [0.25, 0.3) is 0 Å². The molecule has 0 heterocycles. The summed E-state index contributed by atoms with van der Waals surface area (Å²) in [6.07, 6.45) is 4.60. The summed E-state index contributed by atoms with van der Waals surface area (Å²) in [4.78, 5) is 12.1. The summed E-state index contributed by atoms with van der Waals surface area (Å²) in [5.74, 6) is 0.142. The highest BCUT2D eigenvalue weighted by Crippen LogP contribution is 2.28. The zero-order valence-electron chi connectivity index (χ0n) is 11.6. The van der Waals surface area contributed by atoms with E-state index in [0.717, 1.165) is 12.8 Å². The Balaban J connectivity index is 2.17. The standard InChI is InChI=1S/C14H17Cl2NO3S/c1-9(10-4-2-3-5-10)17-14(18)11-6-12(15)8-13(7-11)21(16,19)20/h6-10H,2-5H2,1H3,(H,17,18). The first-order valence-electron chi connectivity index (χ1n) is 6.83. The Labute approximate surface area is 134 Å². The van der Waals surface area contributed by atoms with Crippen LogP contribution in [0.2, 0.25) is 5.02 Å². The van der Waals surface area contributed by atoms with Crippen LogP contribution in [0.5, 0.6) is 0 Å². The molecule has 1 N–H and O–H groups in total. The van der Waals surface area contributed by atoms with Gasteiger partial charge in [0, 0.05) is 27.3 Å². The van der Waals surface area contributed by atoms with Gasteiger partial charge < -0.3 is 5.32 Å². The van der Waals surface area contributed by atoms with Crippen molar-refractivity contribution >= 4 is 37.2 Å². The predicted molar refractivity (Wildman–Crippen MR) is 83.4 cm³/mol. The molecule has 0 aromatic heterocycles. The molecule has 7 heteroatoms. The van der Waals surface area contributed by atoms with E-state index in [-0.39, 0.29) is 27.4 Å². The van der Waals surface area contributed by atoms with Gasteiger partial charge in [-0.15, -0.1) is 0 Å². The minimum absolute atomic E-state index is 0.0510. The Morgan fingerprint density at radius 2 is 1.90 bits per heavy atom. The number of hydrogen-bond donors (Lipinski definition) is 1. The maximum Gasteiger partial charge on any atom is 0.261 e. The highest BCUT2D eigenvalue weighted by atomic mass is 35.7. The monoisotopic (exact) mass is 349 g/mol. The average molecular weight is 350 g/mol. The van der Waals surface area contributed by atoms with E-state index in [1.807, 2.05) is 6.92 Å². The molecule has 1 fully saturated rings. The molecule has 0 spiro atoms. The molecule has 0 radical (unpaired) electrons. The Bertz CT molecular complexity index is 640. The summed E-state index contributed by atoms with van der Waals surface area (Å²) in [5, 5.41) is 3.07. The second kappa shape index (κ2) is 6.55. The highest BCUT2D eigenvalue weighted by molar-refractivity contribution is 8.13. The number of carbonyl (C=O) groups excluding carboxylic acids is 1. The Morgan fingerprint density at radius 3 is 2.48 bits per heavy atom. The lowest BCUT2D eigenvalue weighted by Crippen LogP contribution is -2.37. The van der Waals surface area contributed by atoms with Crippen LogP contribution in [0.1, 0.15) is 43.0 Å². The van der Waals surface area contributed by atoms with Crippen molar-refractivity contribution in [3.8, 4) is 0 Å². The third-order valence-corrected chi connectivity index (χ3v) is 5.43. The van der Waals surface area contributed by atoms with Crippen LogP contribution in [0.3, 0.4) is 0 Å². The highest BCUT2D eigenvalue weighted by Gasteiger charge is 2.24. The van der Waals surface area contributed by atoms with Gasteiger partial charge in [-0.3, -0.25) is 4.79 Å². The second-order valence-corrected chi connectivity index (χ2v) is 8.42. The van der Waals surface area contributed by atoms with Gasteiger partial charge in [0.05, 0.1) is 4.90 Å². The van der Waals surface area contributed by atoms with Crippen LogP contribution >= 0.6 is 22.3 Å². The molecule has 1 aliphatic rings. The molecule has 0 bridgehead atoms. The van der Waals surface area contributed by atoms with E-state index < -0.39 is 9.05 Å². The molecule has 0 saturated heterocycles. The van der Waals surface area contributed by atoms with E-state index in [2.05, 4.69) is 5.32 Å². The molecule has 1 amide bonds. The van der Waals surface area contributed by atoms with Crippen LogP contribution in [-0.4, -0.2) is 20.4 Å². The topological polar surface area (TPSA) is 63.2 Å². The number of benzene rings is 1. The van der Waals surface area contributed by atoms with Crippen molar-refractivity contribution in [2.24, 2.45) is 5.92 Å². The molecule has 1 saturated carbocycles. The van der Waals surface area contributed by atoms with Gasteiger partial charge in [-0.05, 0) is 43.9 Å². The quantitative estimate of drug-likeness (QED) is 0.845. The van der Waals surface area contributed by atoms with E-state index in [4.69, 9.17) is 22.3 Å². The van der Waals surface area contributed by atoms with Gasteiger partial charge in [-0.2, -0.15) is 0 Å². The minimum Gasteiger partial charge on any atom is -0.349 e.